The Hall–Kier alpha value is -5.50. The number of carbonyl (C=O) groups is 1. The van der Waals surface area contributed by atoms with E-state index in [9.17, 15) is 28.0 Å². The largest absolute Gasteiger partial charge is 0.497 e. The number of nitriles is 1. The summed E-state index contributed by atoms with van der Waals surface area (Å²) in [6.07, 6.45) is -4.92. The Morgan fingerprint density at radius 3 is 2.32 bits per heavy atom. The highest BCUT2D eigenvalue weighted by Crippen LogP contribution is 2.35. The van der Waals surface area contributed by atoms with Crippen LogP contribution in [-0.2, 0) is 17.5 Å². The van der Waals surface area contributed by atoms with Crippen LogP contribution in [0.2, 0.25) is 0 Å². The Morgan fingerprint density at radius 1 is 0.977 bits per heavy atom. The molecular weight excluding hydrogens is 575 g/mol. The van der Waals surface area contributed by atoms with Gasteiger partial charge in [-0.25, -0.2) is 4.79 Å². The standard InChI is InChI=1S/C33H26F3N3O5/c1-4-43-32(41)29-15-22-14-25(11-12-28(22)38-29)44-23-8-5-20(6-9-23)30-16-27(33(34,35)36)26(17-37)31(40)39(30)18-21-7-10-24(42-3)13-19(21)2/h5-16,38H,4,18H2,1-3H3. The van der Waals surface area contributed by atoms with Gasteiger partial charge in [0.05, 0.1) is 31.5 Å². The molecule has 0 aliphatic heterocycles. The summed E-state index contributed by atoms with van der Waals surface area (Å²) in [7, 11) is 1.51. The number of nitrogens with one attached hydrogen (secondary N) is 1. The number of nitrogens with zero attached hydrogens (tertiary/aromatic N) is 2. The summed E-state index contributed by atoms with van der Waals surface area (Å²) in [6, 6.07) is 20.5. The van der Waals surface area contributed by atoms with E-state index in [-0.39, 0.29) is 18.8 Å². The molecule has 0 unspecified atom stereocenters. The van der Waals surface area contributed by atoms with E-state index in [2.05, 4.69) is 4.98 Å². The minimum Gasteiger partial charge on any atom is -0.497 e. The second-order valence-electron chi connectivity index (χ2n) is 9.89. The molecule has 44 heavy (non-hydrogen) atoms. The maximum atomic E-state index is 14.0. The summed E-state index contributed by atoms with van der Waals surface area (Å²) in [5.41, 5.74) is -0.568. The highest BCUT2D eigenvalue weighted by Gasteiger charge is 2.36. The van der Waals surface area contributed by atoms with Crippen molar-refractivity contribution in [1.82, 2.24) is 9.55 Å². The normalized spacial score (nSPS) is 11.3. The van der Waals surface area contributed by atoms with Crippen LogP contribution in [0.1, 0.15) is 39.7 Å². The molecule has 2 aromatic heterocycles. The number of hydrogen-bond donors (Lipinski definition) is 1. The molecule has 0 amide bonds. The van der Waals surface area contributed by atoms with Crippen molar-refractivity contribution in [2.75, 3.05) is 13.7 Å². The number of aromatic amines is 1. The number of aromatic nitrogens is 2. The Morgan fingerprint density at radius 2 is 1.68 bits per heavy atom. The number of esters is 1. The number of pyridine rings is 1. The van der Waals surface area contributed by atoms with Crippen molar-refractivity contribution >= 4 is 16.9 Å². The summed E-state index contributed by atoms with van der Waals surface area (Å²) >= 11 is 0. The third-order valence-corrected chi connectivity index (χ3v) is 7.07. The van der Waals surface area contributed by atoms with E-state index < -0.39 is 28.8 Å². The van der Waals surface area contributed by atoms with Crippen LogP contribution >= 0.6 is 0 Å². The molecular formula is C33H26F3N3O5. The van der Waals surface area contributed by atoms with Gasteiger partial charge in [0.1, 0.15) is 34.6 Å². The lowest BCUT2D eigenvalue weighted by atomic mass is 10.0. The number of alkyl halides is 3. The molecule has 0 bridgehead atoms. The van der Waals surface area contributed by atoms with Gasteiger partial charge in [-0.15, -0.1) is 0 Å². The monoisotopic (exact) mass is 601 g/mol. The predicted octanol–water partition coefficient (Wildman–Crippen LogP) is 7.22. The van der Waals surface area contributed by atoms with Gasteiger partial charge in [-0.3, -0.25) is 4.79 Å². The molecule has 8 nitrogen and oxygen atoms in total. The molecule has 0 radical (unpaired) electrons. The Labute approximate surface area is 249 Å². The first kappa shape index (κ1) is 30.0. The summed E-state index contributed by atoms with van der Waals surface area (Å²) in [6.45, 7) is 3.69. The Bertz CT molecular complexity index is 1970. The number of carbonyl (C=O) groups excluding carboxylic acids is 1. The zero-order valence-corrected chi connectivity index (χ0v) is 23.9. The fraction of sp³-hybridized carbons (Fsp3) is 0.182. The zero-order valence-electron chi connectivity index (χ0n) is 23.9. The summed E-state index contributed by atoms with van der Waals surface area (Å²) < 4.78 is 59.3. The number of hydrogen-bond acceptors (Lipinski definition) is 6. The number of halogens is 3. The fourth-order valence-electron chi connectivity index (χ4n) is 4.84. The lowest BCUT2D eigenvalue weighted by Crippen LogP contribution is -2.29. The highest BCUT2D eigenvalue weighted by atomic mass is 19.4. The molecule has 2 heterocycles. The number of H-pyrrole nitrogens is 1. The van der Waals surface area contributed by atoms with Crippen molar-refractivity contribution in [2.24, 2.45) is 0 Å². The van der Waals surface area contributed by atoms with Gasteiger partial charge in [0.15, 0.2) is 0 Å². The van der Waals surface area contributed by atoms with Crippen molar-refractivity contribution in [1.29, 1.82) is 5.26 Å². The molecule has 0 atom stereocenters. The first-order chi connectivity index (χ1) is 21.0. The average Bonchev–Trinajstić information content (AvgIpc) is 3.42. The van der Waals surface area contributed by atoms with E-state index in [1.807, 2.05) is 0 Å². The van der Waals surface area contributed by atoms with E-state index in [1.165, 1.54) is 17.7 Å². The average molecular weight is 602 g/mol. The van der Waals surface area contributed by atoms with Gasteiger partial charge >= 0.3 is 12.1 Å². The van der Waals surface area contributed by atoms with Gasteiger partial charge in [-0.2, -0.15) is 18.4 Å². The van der Waals surface area contributed by atoms with Gasteiger partial charge in [0.25, 0.3) is 5.56 Å². The molecule has 0 saturated heterocycles. The van der Waals surface area contributed by atoms with Crippen molar-refractivity contribution in [3.8, 4) is 34.6 Å². The lowest BCUT2D eigenvalue weighted by molar-refractivity contribution is -0.137. The molecule has 11 heteroatoms. The summed E-state index contributed by atoms with van der Waals surface area (Å²) in [5.74, 6) is 0.969. The van der Waals surface area contributed by atoms with E-state index in [0.717, 1.165) is 17.0 Å². The number of fused-ring (bicyclic) bond motifs is 1. The van der Waals surface area contributed by atoms with E-state index in [4.69, 9.17) is 14.2 Å². The van der Waals surface area contributed by atoms with Crippen LogP contribution in [0.5, 0.6) is 17.2 Å². The number of benzene rings is 3. The van der Waals surface area contributed by atoms with Gasteiger partial charge in [0, 0.05) is 10.9 Å². The second kappa shape index (κ2) is 12.0. The number of rotatable bonds is 8. The van der Waals surface area contributed by atoms with Crippen LogP contribution < -0.4 is 15.0 Å². The number of ether oxygens (including phenoxy) is 3. The molecule has 5 rings (SSSR count). The highest BCUT2D eigenvalue weighted by molar-refractivity contribution is 5.95. The van der Waals surface area contributed by atoms with Crippen molar-refractivity contribution in [3.63, 3.8) is 0 Å². The van der Waals surface area contributed by atoms with Crippen LogP contribution in [0.3, 0.4) is 0 Å². The van der Waals surface area contributed by atoms with Gasteiger partial charge in [-0.1, -0.05) is 6.07 Å². The van der Waals surface area contributed by atoms with Gasteiger partial charge < -0.3 is 23.8 Å². The predicted molar refractivity (Wildman–Crippen MR) is 157 cm³/mol. The van der Waals surface area contributed by atoms with Gasteiger partial charge in [-0.05, 0) is 97.3 Å². The molecule has 0 aliphatic carbocycles. The van der Waals surface area contributed by atoms with E-state index >= 15 is 0 Å². The van der Waals surface area contributed by atoms with Crippen molar-refractivity contribution in [2.45, 2.75) is 26.6 Å². The third-order valence-electron chi connectivity index (χ3n) is 7.07. The van der Waals surface area contributed by atoms with Crippen LogP contribution in [0.15, 0.2) is 77.6 Å². The lowest BCUT2D eigenvalue weighted by Gasteiger charge is -2.19. The summed E-state index contributed by atoms with van der Waals surface area (Å²) in [4.78, 5) is 28.4. The molecule has 1 N–H and O–H groups in total. The maximum Gasteiger partial charge on any atom is 0.417 e. The van der Waals surface area contributed by atoms with Crippen molar-refractivity contribution < 1.29 is 32.2 Å². The number of methoxy groups -OCH3 is 1. The quantitative estimate of drug-likeness (QED) is 0.188. The summed E-state index contributed by atoms with van der Waals surface area (Å²) in [5, 5.41) is 10.2. The van der Waals surface area contributed by atoms with E-state index in [0.29, 0.717) is 39.6 Å². The molecule has 0 aliphatic rings. The topological polar surface area (TPSA) is 106 Å². The molecule has 0 fully saturated rings. The van der Waals surface area contributed by atoms with Crippen LogP contribution in [0.25, 0.3) is 22.2 Å². The third kappa shape index (κ3) is 6.01. The zero-order chi connectivity index (χ0) is 31.6. The van der Waals surface area contributed by atoms with Crippen LogP contribution in [-0.4, -0.2) is 29.2 Å². The van der Waals surface area contributed by atoms with E-state index in [1.54, 1.807) is 80.6 Å². The molecule has 0 saturated carbocycles. The molecule has 5 aromatic rings. The second-order valence-corrected chi connectivity index (χ2v) is 9.89. The fourth-order valence-corrected chi connectivity index (χ4v) is 4.84. The SMILES string of the molecule is CCOC(=O)c1cc2cc(Oc3ccc(-c4cc(C(F)(F)F)c(C#N)c(=O)n4Cc4ccc(OC)cc4C)cc3)ccc2[nH]1. The van der Waals surface area contributed by atoms with Gasteiger partial charge in [0.2, 0.25) is 0 Å². The Balaban J connectivity index is 1.51. The minimum atomic E-state index is -4.92. The molecule has 3 aromatic carbocycles. The first-order valence-electron chi connectivity index (χ1n) is 13.5. The van der Waals surface area contributed by atoms with Crippen LogP contribution in [0.4, 0.5) is 13.2 Å². The molecule has 0 spiro atoms. The Kier molecular flexibility index (Phi) is 8.18. The number of aryl methyl sites for hydroxylation is 1. The maximum absolute atomic E-state index is 14.0. The first-order valence-corrected chi connectivity index (χ1v) is 13.5. The minimum absolute atomic E-state index is 0.0108. The molecule has 224 valence electrons. The smallest absolute Gasteiger partial charge is 0.417 e. The van der Waals surface area contributed by atoms with Crippen LogP contribution in [0, 0.1) is 18.3 Å². The van der Waals surface area contributed by atoms with Crippen molar-refractivity contribution in [3.05, 3.63) is 111 Å².